The van der Waals surface area contributed by atoms with E-state index < -0.39 is 0 Å². The van der Waals surface area contributed by atoms with Crippen LogP contribution in [-0.2, 0) is 6.54 Å². The van der Waals surface area contributed by atoms with Crippen LogP contribution < -0.4 is 10.6 Å². The summed E-state index contributed by atoms with van der Waals surface area (Å²) in [6, 6.07) is 14.1. The minimum atomic E-state index is 0.555. The maximum absolute atomic E-state index is 5.97. The van der Waals surface area contributed by atoms with Crippen LogP contribution in [0.15, 0.2) is 42.5 Å². The van der Waals surface area contributed by atoms with Crippen LogP contribution in [-0.4, -0.2) is 14.9 Å². The molecule has 2 N–H and O–H groups in total. The molecule has 0 aliphatic carbocycles. The van der Waals surface area contributed by atoms with E-state index >= 15 is 0 Å². The number of halogens is 1. The molecule has 0 aliphatic rings. The summed E-state index contributed by atoms with van der Waals surface area (Å²) < 4.78 is 1.97. The van der Waals surface area contributed by atoms with Gasteiger partial charge in [0, 0.05) is 10.7 Å². The molecule has 1 aromatic heterocycles. The lowest BCUT2D eigenvalue weighted by Gasteiger charge is -2.13. The van der Waals surface area contributed by atoms with Gasteiger partial charge in [-0.25, -0.2) is 0 Å². The fourth-order valence-electron chi connectivity index (χ4n) is 3.02. The van der Waals surface area contributed by atoms with E-state index in [4.69, 9.17) is 23.8 Å². The van der Waals surface area contributed by atoms with Crippen molar-refractivity contribution in [1.29, 1.82) is 0 Å². The van der Waals surface area contributed by atoms with Gasteiger partial charge in [0.05, 0.1) is 23.6 Å². The van der Waals surface area contributed by atoms with Crippen LogP contribution in [0.3, 0.4) is 0 Å². The molecule has 0 spiro atoms. The number of rotatable bonds is 4. The van der Waals surface area contributed by atoms with Gasteiger partial charge in [-0.1, -0.05) is 41.4 Å². The van der Waals surface area contributed by atoms with Crippen molar-refractivity contribution in [3.8, 4) is 0 Å². The van der Waals surface area contributed by atoms with Gasteiger partial charge in [-0.05, 0) is 69.2 Å². The first-order valence-corrected chi connectivity index (χ1v) is 9.56. The minimum Gasteiger partial charge on any atom is -0.332 e. The van der Waals surface area contributed by atoms with Gasteiger partial charge in [-0.3, -0.25) is 4.68 Å². The number of aromatic nitrogens is 2. The largest absolute Gasteiger partial charge is 0.332 e. The van der Waals surface area contributed by atoms with Crippen LogP contribution in [0.5, 0.6) is 0 Å². The Kier molecular flexibility index (Phi) is 5.82. The topological polar surface area (TPSA) is 41.9 Å². The zero-order chi connectivity index (χ0) is 19.6. The Balaban J connectivity index is 1.74. The summed E-state index contributed by atoms with van der Waals surface area (Å²) in [7, 11) is 0. The molecule has 6 heteroatoms. The molecule has 0 saturated heterocycles. The van der Waals surface area contributed by atoms with Gasteiger partial charge in [0.2, 0.25) is 0 Å². The summed E-state index contributed by atoms with van der Waals surface area (Å²) in [5.74, 6) is 0. The second kappa shape index (κ2) is 8.11. The van der Waals surface area contributed by atoms with Crippen molar-refractivity contribution in [2.24, 2.45) is 0 Å². The van der Waals surface area contributed by atoms with E-state index in [0.717, 1.165) is 38.9 Å². The van der Waals surface area contributed by atoms with Crippen molar-refractivity contribution in [3.63, 3.8) is 0 Å². The standard InChI is InChI=1S/C21H23ClN4S/c1-13-5-10-19(14(2)11-13)23-21(27)24-20-15(3)25-26(16(20)4)12-17-6-8-18(22)9-7-17/h5-11H,12H2,1-4H3,(H2,23,24,27). The smallest absolute Gasteiger partial charge is 0.175 e. The lowest BCUT2D eigenvalue weighted by molar-refractivity contribution is 0.659. The number of aryl methyl sites for hydroxylation is 3. The summed E-state index contributed by atoms with van der Waals surface area (Å²) in [6.45, 7) is 8.85. The van der Waals surface area contributed by atoms with E-state index in [2.05, 4.69) is 41.7 Å². The molecule has 140 valence electrons. The SMILES string of the molecule is Cc1ccc(NC(=S)Nc2c(C)nn(Cc3ccc(Cl)cc3)c2C)c(C)c1. The highest BCUT2D eigenvalue weighted by Crippen LogP contribution is 2.22. The lowest BCUT2D eigenvalue weighted by Crippen LogP contribution is -2.20. The molecular formula is C21H23ClN4S. The Bertz CT molecular complexity index is 977. The molecule has 0 aliphatic heterocycles. The number of thiocarbonyl (C=S) groups is 1. The predicted molar refractivity (Wildman–Crippen MR) is 118 cm³/mol. The van der Waals surface area contributed by atoms with Gasteiger partial charge in [0.15, 0.2) is 5.11 Å². The summed E-state index contributed by atoms with van der Waals surface area (Å²) in [5, 5.41) is 12.5. The van der Waals surface area contributed by atoms with Gasteiger partial charge in [-0.2, -0.15) is 5.10 Å². The van der Waals surface area contributed by atoms with Crippen LogP contribution in [0.2, 0.25) is 5.02 Å². The first kappa shape index (κ1) is 19.4. The van der Waals surface area contributed by atoms with Crippen LogP contribution >= 0.6 is 23.8 Å². The highest BCUT2D eigenvalue weighted by Gasteiger charge is 2.13. The number of nitrogens with zero attached hydrogens (tertiary/aromatic N) is 2. The molecule has 4 nitrogen and oxygen atoms in total. The molecule has 27 heavy (non-hydrogen) atoms. The number of nitrogens with one attached hydrogen (secondary N) is 2. The van der Waals surface area contributed by atoms with Gasteiger partial charge in [0.25, 0.3) is 0 Å². The molecule has 0 amide bonds. The van der Waals surface area contributed by atoms with Crippen molar-refractivity contribution in [2.45, 2.75) is 34.2 Å². The fraction of sp³-hybridized carbons (Fsp3) is 0.238. The Morgan fingerprint density at radius 3 is 2.41 bits per heavy atom. The Hall–Kier alpha value is -2.37. The van der Waals surface area contributed by atoms with Crippen molar-refractivity contribution in [1.82, 2.24) is 9.78 Å². The highest BCUT2D eigenvalue weighted by atomic mass is 35.5. The fourth-order valence-corrected chi connectivity index (χ4v) is 3.35. The van der Waals surface area contributed by atoms with Crippen molar-refractivity contribution >= 4 is 40.3 Å². The molecule has 0 atom stereocenters. The Morgan fingerprint density at radius 1 is 1.04 bits per heavy atom. The van der Waals surface area contributed by atoms with E-state index in [9.17, 15) is 0 Å². The second-order valence-corrected chi connectivity index (χ2v) is 7.57. The Morgan fingerprint density at radius 2 is 1.74 bits per heavy atom. The quantitative estimate of drug-likeness (QED) is 0.559. The normalized spacial score (nSPS) is 10.7. The number of hydrogen-bond acceptors (Lipinski definition) is 2. The van der Waals surface area contributed by atoms with Crippen LogP contribution in [0.25, 0.3) is 0 Å². The average molecular weight is 399 g/mol. The van der Waals surface area contributed by atoms with E-state index in [0.29, 0.717) is 11.7 Å². The lowest BCUT2D eigenvalue weighted by atomic mass is 10.1. The third-order valence-electron chi connectivity index (χ3n) is 4.50. The zero-order valence-electron chi connectivity index (χ0n) is 15.9. The van der Waals surface area contributed by atoms with Crippen LogP contribution in [0.1, 0.15) is 28.1 Å². The van der Waals surface area contributed by atoms with E-state index in [1.54, 1.807) is 0 Å². The van der Waals surface area contributed by atoms with Crippen LogP contribution in [0, 0.1) is 27.7 Å². The van der Waals surface area contributed by atoms with Gasteiger partial charge >= 0.3 is 0 Å². The van der Waals surface area contributed by atoms with Crippen molar-refractivity contribution in [2.75, 3.05) is 10.6 Å². The monoisotopic (exact) mass is 398 g/mol. The molecule has 3 aromatic rings. The number of hydrogen-bond donors (Lipinski definition) is 2. The second-order valence-electron chi connectivity index (χ2n) is 6.73. The zero-order valence-corrected chi connectivity index (χ0v) is 17.5. The predicted octanol–water partition coefficient (Wildman–Crippen LogP) is 5.63. The number of benzene rings is 2. The first-order valence-electron chi connectivity index (χ1n) is 8.77. The van der Waals surface area contributed by atoms with Crippen molar-refractivity contribution < 1.29 is 0 Å². The number of anilines is 2. The van der Waals surface area contributed by atoms with Crippen LogP contribution in [0.4, 0.5) is 11.4 Å². The highest BCUT2D eigenvalue weighted by molar-refractivity contribution is 7.80. The average Bonchev–Trinajstić information content (AvgIpc) is 2.87. The summed E-state index contributed by atoms with van der Waals surface area (Å²) in [5.41, 5.74) is 7.41. The summed E-state index contributed by atoms with van der Waals surface area (Å²) >= 11 is 11.5. The molecule has 3 rings (SSSR count). The molecule has 0 unspecified atom stereocenters. The van der Waals surface area contributed by atoms with E-state index in [1.165, 1.54) is 5.56 Å². The molecule has 0 saturated carbocycles. The van der Waals surface area contributed by atoms with Crippen molar-refractivity contribution in [3.05, 3.63) is 75.6 Å². The third-order valence-corrected chi connectivity index (χ3v) is 4.95. The minimum absolute atomic E-state index is 0.555. The molecule has 0 radical (unpaired) electrons. The first-order chi connectivity index (χ1) is 12.8. The summed E-state index contributed by atoms with van der Waals surface area (Å²) in [4.78, 5) is 0. The summed E-state index contributed by atoms with van der Waals surface area (Å²) in [6.07, 6.45) is 0. The maximum atomic E-state index is 5.97. The molecule has 2 aromatic carbocycles. The van der Waals surface area contributed by atoms with Gasteiger partial charge in [-0.15, -0.1) is 0 Å². The molecule has 0 fully saturated rings. The molecule has 1 heterocycles. The maximum Gasteiger partial charge on any atom is 0.175 e. The molecule has 0 bridgehead atoms. The van der Waals surface area contributed by atoms with Gasteiger partial charge < -0.3 is 10.6 Å². The van der Waals surface area contributed by atoms with E-state index in [-0.39, 0.29) is 0 Å². The molecular weight excluding hydrogens is 376 g/mol. The third kappa shape index (κ3) is 4.67. The van der Waals surface area contributed by atoms with Gasteiger partial charge in [0.1, 0.15) is 0 Å². The Labute approximate surface area is 170 Å². The van der Waals surface area contributed by atoms with E-state index in [1.807, 2.05) is 48.9 Å².